The SMILES string of the molecule is COc1cc(Cl)c(C(=O)Nc2csc(-c3cccc(Br)c3)c2C(=O)O)c(Cl)c1Cl. The number of aromatic carboxylic acids is 1. The molecule has 2 N–H and O–H groups in total. The number of halogens is 4. The number of hydrogen-bond acceptors (Lipinski definition) is 4. The van der Waals surface area contributed by atoms with Gasteiger partial charge in [0.15, 0.2) is 0 Å². The summed E-state index contributed by atoms with van der Waals surface area (Å²) >= 11 is 23.0. The van der Waals surface area contributed by atoms with Crippen molar-refractivity contribution in [2.24, 2.45) is 0 Å². The third-order valence-electron chi connectivity index (χ3n) is 3.91. The summed E-state index contributed by atoms with van der Waals surface area (Å²) in [5, 5.41) is 13.8. The number of carboxylic acid groups (broad SMARTS) is 1. The molecule has 150 valence electrons. The van der Waals surface area contributed by atoms with Gasteiger partial charge in [-0.05, 0) is 17.7 Å². The minimum absolute atomic E-state index is 0.0214. The topological polar surface area (TPSA) is 75.6 Å². The molecule has 3 aromatic rings. The van der Waals surface area contributed by atoms with Gasteiger partial charge in [-0.15, -0.1) is 11.3 Å². The van der Waals surface area contributed by atoms with Gasteiger partial charge in [0.05, 0.1) is 33.3 Å². The second kappa shape index (κ2) is 8.93. The summed E-state index contributed by atoms with van der Waals surface area (Å²) in [5.41, 5.74) is 0.714. The molecule has 1 heterocycles. The highest BCUT2D eigenvalue weighted by Gasteiger charge is 2.25. The van der Waals surface area contributed by atoms with Crippen LogP contribution in [-0.4, -0.2) is 24.1 Å². The van der Waals surface area contributed by atoms with Crippen molar-refractivity contribution in [3.8, 4) is 16.2 Å². The van der Waals surface area contributed by atoms with Crippen LogP contribution in [-0.2, 0) is 0 Å². The summed E-state index contributed by atoms with van der Waals surface area (Å²) in [4.78, 5) is 25.2. The molecule has 0 aliphatic carbocycles. The van der Waals surface area contributed by atoms with Crippen LogP contribution in [0.3, 0.4) is 0 Å². The first kappa shape index (κ1) is 21.9. The number of hydrogen-bond donors (Lipinski definition) is 2. The number of methoxy groups -OCH3 is 1. The third-order valence-corrected chi connectivity index (χ3v) is 6.58. The van der Waals surface area contributed by atoms with E-state index in [4.69, 9.17) is 39.5 Å². The Morgan fingerprint density at radius 3 is 2.48 bits per heavy atom. The fourth-order valence-electron chi connectivity index (χ4n) is 2.62. The molecule has 0 aliphatic heterocycles. The number of anilines is 1. The predicted molar refractivity (Wildman–Crippen MR) is 120 cm³/mol. The lowest BCUT2D eigenvalue weighted by molar-refractivity contribution is 0.0699. The molecule has 1 aromatic heterocycles. The summed E-state index contributed by atoms with van der Waals surface area (Å²) in [6, 6.07) is 8.56. The Balaban J connectivity index is 2.03. The summed E-state index contributed by atoms with van der Waals surface area (Å²) in [6.45, 7) is 0. The van der Waals surface area contributed by atoms with Gasteiger partial charge < -0.3 is 15.2 Å². The molecule has 10 heteroatoms. The van der Waals surface area contributed by atoms with E-state index in [1.54, 1.807) is 23.6 Å². The van der Waals surface area contributed by atoms with E-state index in [1.165, 1.54) is 24.5 Å². The van der Waals surface area contributed by atoms with E-state index in [0.717, 1.165) is 4.47 Å². The molecule has 0 saturated carbocycles. The number of thiophene rings is 1. The molecule has 0 unspecified atom stereocenters. The number of nitrogens with one attached hydrogen (secondary N) is 1. The van der Waals surface area contributed by atoms with Crippen LogP contribution in [0.5, 0.6) is 5.75 Å². The highest BCUT2D eigenvalue weighted by molar-refractivity contribution is 9.10. The average Bonchev–Trinajstić information content (AvgIpc) is 3.08. The highest BCUT2D eigenvalue weighted by Crippen LogP contribution is 2.41. The second-order valence-electron chi connectivity index (χ2n) is 5.69. The van der Waals surface area contributed by atoms with Crippen LogP contribution < -0.4 is 10.1 Å². The van der Waals surface area contributed by atoms with E-state index in [0.29, 0.717) is 10.4 Å². The van der Waals surface area contributed by atoms with Gasteiger partial charge in [-0.2, -0.15) is 0 Å². The van der Waals surface area contributed by atoms with E-state index in [2.05, 4.69) is 21.2 Å². The first-order valence-electron chi connectivity index (χ1n) is 7.88. The molecular weight excluding hydrogens is 525 g/mol. The Hall–Kier alpha value is -1.77. The van der Waals surface area contributed by atoms with Gasteiger partial charge in [-0.3, -0.25) is 4.79 Å². The maximum atomic E-state index is 12.8. The van der Waals surface area contributed by atoms with Crippen LogP contribution in [0.1, 0.15) is 20.7 Å². The van der Waals surface area contributed by atoms with Crippen molar-refractivity contribution in [1.29, 1.82) is 0 Å². The number of rotatable bonds is 5. The zero-order valence-corrected chi connectivity index (χ0v) is 19.2. The first-order valence-corrected chi connectivity index (χ1v) is 10.7. The largest absolute Gasteiger partial charge is 0.495 e. The highest BCUT2D eigenvalue weighted by atomic mass is 79.9. The van der Waals surface area contributed by atoms with Gasteiger partial charge in [0, 0.05) is 15.9 Å². The minimum atomic E-state index is -1.18. The zero-order valence-electron chi connectivity index (χ0n) is 14.6. The maximum Gasteiger partial charge on any atom is 0.339 e. The molecule has 0 atom stereocenters. The van der Waals surface area contributed by atoms with Crippen LogP contribution in [0.2, 0.25) is 15.1 Å². The van der Waals surface area contributed by atoms with Crippen molar-refractivity contribution >= 4 is 79.6 Å². The molecule has 29 heavy (non-hydrogen) atoms. The quantitative estimate of drug-likeness (QED) is 0.342. The molecule has 0 saturated heterocycles. The van der Waals surface area contributed by atoms with Crippen LogP contribution in [0.25, 0.3) is 10.4 Å². The van der Waals surface area contributed by atoms with Crippen molar-refractivity contribution in [2.45, 2.75) is 0 Å². The van der Waals surface area contributed by atoms with Gasteiger partial charge in [-0.1, -0.05) is 62.9 Å². The van der Waals surface area contributed by atoms with Gasteiger partial charge in [0.1, 0.15) is 16.3 Å². The Kier molecular flexibility index (Phi) is 6.76. The number of carbonyl (C=O) groups excluding carboxylic acids is 1. The lowest BCUT2D eigenvalue weighted by Gasteiger charge is -2.12. The molecule has 3 rings (SSSR count). The smallest absolute Gasteiger partial charge is 0.339 e. The number of carbonyl (C=O) groups is 2. The Morgan fingerprint density at radius 1 is 1.14 bits per heavy atom. The second-order valence-corrected chi connectivity index (χ2v) is 8.65. The summed E-state index contributed by atoms with van der Waals surface area (Å²) < 4.78 is 5.86. The standard InChI is InChI=1S/C19H11BrCl3NO4S/c1-28-12-6-10(21)13(16(23)15(12)22)18(25)24-11-7-29-17(14(11)19(26)27)8-3-2-4-9(20)5-8/h2-7H,1H3,(H,24,25)(H,26,27). The Bertz CT molecular complexity index is 1130. The van der Waals surface area contributed by atoms with E-state index in [-0.39, 0.29) is 37.6 Å². The van der Waals surface area contributed by atoms with E-state index < -0.39 is 11.9 Å². The number of carboxylic acids is 1. The molecule has 1 amide bonds. The lowest BCUT2D eigenvalue weighted by atomic mass is 10.1. The van der Waals surface area contributed by atoms with Crippen molar-refractivity contribution in [3.63, 3.8) is 0 Å². The lowest BCUT2D eigenvalue weighted by Crippen LogP contribution is -2.15. The Morgan fingerprint density at radius 2 is 1.86 bits per heavy atom. The first-order chi connectivity index (χ1) is 13.7. The molecule has 0 fully saturated rings. The van der Waals surface area contributed by atoms with Crippen LogP contribution in [0, 0.1) is 0 Å². The normalized spacial score (nSPS) is 10.7. The summed E-state index contributed by atoms with van der Waals surface area (Å²) in [7, 11) is 1.39. The van der Waals surface area contributed by atoms with Gasteiger partial charge in [-0.25, -0.2) is 4.79 Å². The minimum Gasteiger partial charge on any atom is -0.495 e. The summed E-state index contributed by atoms with van der Waals surface area (Å²) in [6.07, 6.45) is 0. The predicted octanol–water partition coefficient (Wildman–Crippen LogP) is 7.10. The monoisotopic (exact) mass is 533 g/mol. The molecule has 0 aliphatic rings. The van der Waals surface area contributed by atoms with Crippen LogP contribution in [0.4, 0.5) is 5.69 Å². The number of benzene rings is 2. The molecule has 0 spiro atoms. The van der Waals surface area contributed by atoms with Crippen molar-refractivity contribution in [3.05, 3.63) is 66.4 Å². The fraction of sp³-hybridized carbons (Fsp3) is 0.0526. The van der Waals surface area contributed by atoms with Gasteiger partial charge in [0.25, 0.3) is 5.91 Å². The zero-order chi connectivity index (χ0) is 21.3. The molecule has 0 bridgehead atoms. The van der Waals surface area contributed by atoms with Gasteiger partial charge in [0.2, 0.25) is 0 Å². The molecule has 0 radical (unpaired) electrons. The van der Waals surface area contributed by atoms with Crippen molar-refractivity contribution in [1.82, 2.24) is 0 Å². The van der Waals surface area contributed by atoms with Crippen LogP contribution in [0.15, 0.2) is 40.2 Å². The Labute approximate surface area is 193 Å². The molecule has 2 aromatic carbocycles. The van der Waals surface area contributed by atoms with E-state index in [9.17, 15) is 14.7 Å². The fourth-order valence-corrected chi connectivity index (χ4v) is 4.84. The molecule has 5 nitrogen and oxygen atoms in total. The summed E-state index contributed by atoms with van der Waals surface area (Å²) in [5.74, 6) is -1.65. The van der Waals surface area contributed by atoms with Gasteiger partial charge >= 0.3 is 5.97 Å². The van der Waals surface area contributed by atoms with E-state index >= 15 is 0 Å². The van der Waals surface area contributed by atoms with Crippen molar-refractivity contribution in [2.75, 3.05) is 12.4 Å². The molecular formula is C19H11BrCl3NO4S. The third kappa shape index (κ3) is 4.39. The van der Waals surface area contributed by atoms with Crippen molar-refractivity contribution < 1.29 is 19.4 Å². The van der Waals surface area contributed by atoms with Crippen LogP contribution >= 0.6 is 62.1 Å². The van der Waals surface area contributed by atoms with E-state index in [1.807, 2.05) is 6.07 Å². The maximum absolute atomic E-state index is 12.8. The number of ether oxygens (including phenoxy) is 1. The average molecular weight is 536 g/mol. The number of amides is 1.